The summed E-state index contributed by atoms with van der Waals surface area (Å²) in [6.07, 6.45) is 6.19. The van der Waals surface area contributed by atoms with E-state index in [9.17, 15) is 0 Å². The molecule has 2 saturated heterocycles. The van der Waals surface area contributed by atoms with Gasteiger partial charge in [-0.25, -0.2) is 4.98 Å². The first kappa shape index (κ1) is 12.1. The Morgan fingerprint density at radius 2 is 2.50 bits per heavy atom. The fourth-order valence-corrected chi connectivity index (χ4v) is 2.81. The van der Waals surface area contributed by atoms with Gasteiger partial charge in [0.2, 0.25) is 0 Å². The number of hydrogen-bond donors (Lipinski definition) is 1. The van der Waals surface area contributed by atoms with Crippen LogP contribution < -0.4 is 5.32 Å². The van der Waals surface area contributed by atoms with Gasteiger partial charge in [0.25, 0.3) is 0 Å². The predicted molar refractivity (Wildman–Crippen MR) is 67.4 cm³/mol. The van der Waals surface area contributed by atoms with Gasteiger partial charge < -0.3 is 19.4 Å². The monoisotopic (exact) mass is 251 g/mol. The lowest BCUT2D eigenvalue weighted by atomic mass is 10.0. The van der Waals surface area contributed by atoms with E-state index < -0.39 is 0 Å². The zero-order valence-corrected chi connectivity index (χ0v) is 10.9. The zero-order valence-electron chi connectivity index (χ0n) is 10.9. The Morgan fingerprint density at radius 3 is 3.22 bits per heavy atom. The second-order valence-electron chi connectivity index (χ2n) is 5.41. The molecule has 2 aliphatic rings. The highest BCUT2D eigenvalue weighted by Gasteiger charge is 2.31. The van der Waals surface area contributed by atoms with Crippen LogP contribution in [0.4, 0.5) is 0 Å². The van der Waals surface area contributed by atoms with Crippen LogP contribution in [0.3, 0.4) is 0 Å². The van der Waals surface area contributed by atoms with Gasteiger partial charge in [-0.15, -0.1) is 0 Å². The highest BCUT2D eigenvalue weighted by atomic mass is 16.5. The molecule has 5 nitrogen and oxygen atoms in total. The molecule has 0 spiro atoms. The van der Waals surface area contributed by atoms with E-state index >= 15 is 0 Å². The summed E-state index contributed by atoms with van der Waals surface area (Å²) in [7, 11) is 0. The zero-order chi connectivity index (χ0) is 12.4. The number of ether oxygens (including phenoxy) is 2. The first-order valence-corrected chi connectivity index (χ1v) is 6.73. The average Bonchev–Trinajstić information content (AvgIpc) is 3.00. The van der Waals surface area contributed by atoms with Crippen molar-refractivity contribution < 1.29 is 9.47 Å². The minimum Gasteiger partial charge on any atom is -0.373 e. The van der Waals surface area contributed by atoms with Crippen molar-refractivity contribution in [3.8, 4) is 0 Å². The molecular formula is C13H21N3O2. The molecule has 0 aliphatic carbocycles. The number of aromatic nitrogens is 2. The highest BCUT2D eigenvalue weighted by Crippen LogP contribution is 2.28. The van der Waals surface area contributed by atoms with Crippen molar-refractivity contribution in [2.75, 3.05) is 26.3 Å². The molecule has 5 heteroatoms. The Hall–Kier alpha value is -0.910. The van der Waals surface area contributed by atoms with E-state index in [0.717, 1.165) is 51.4 Å². The van der Waals surface area contributed by atoms with Crippen molar-refractivity contribution in [1.29, 1.82) is 0 Å². The van der Waals surface area contributed by atoms with Gasteiger partial charge in [0.1, 0.15) is 6.10 Å². The Kier molecular flexibility index (Phi) is 3.37. The molecule has 3 heterocycles. The predicted octanol–water partition coefficient (Wildman–Crippen LogP) is 1.11. The van der Waals surface area contributed by atoms with Crippen LogP contribution in [0.2, 0.25) is 0 Å². The smallest absolute Gasteiger partial charge is 0.111 e. The minimum absolute atomic E-state index is 0.0441. The normalized spacial score (nSPS) is 32.8. The molecule has 2 fully saturated rings. The van der Waals surface area contributed by atoms with Gasteiger partial charge in [-0.3, -0.25) is 0 Å². The molecule has 1 aromatic heterocycles. The van der Waals surface area contributed by atoms with Crippen molar-refractivity contribution in [2.45, 2.75) is 38.0 Å². The molecule has 3 rings (SSSR count). The fourth-order valence-electron chi connectivity index (χ4n) is 2.81. The van der Waals surface area contributed by atoms with Crippen LogP contribution in [0, 0.1) is 0 Å². The van der Waals surface area contributed by atoms with E-state index in [2.05, 4.69) is 21.8 Å². The molecule has 18 heavy (non-hydrogen) atoms. The summed E-state index contributed by atoms with van der Waals surface area (Å²) in [5.74, 6) is 0. The van der Waals surface area contributed by atoms with E-state index in [1.165, 1.54) is 0 Å². The van der Waals surface area contributed by atoms with Gasteiger partial charge in [-0.1, -0.05) is 0 Å². The van der Waals surface area contributed by atoms with Gasteiger partial charge in [-0.05, 0) is 19.8 Å². The molecule has 100 valence electrons. The third-order valence-corrected chi connectivity index (χ3v) is 3.81. The Labute approximate surface area is 107 Å². The van der Waals surface area contributed by atoms with E-state index in [1.807, 2.05) is 12.5 Å². The van der Waals surface area contributed by atoms with Crippen LogP contribution in [0.25, 0.3) is 0 Å². The standard InChI is InChI=1S/C13H21N3O2/c1-13(3-2-5-18-13)9-16-10-15-7-11(16)12-8-14-4-6-17-12/h7,10,12,14H,2-6,8-9H2,1H3. The molecule has 1 aromatic rings. The summed E-state index contributed by atoms with van der Waals surface area (Å²) >= 11 is 0. The number of nitrogens with one attached hydrogen (secondary N) is 1. The van der Waals surface area contributed by atoms with E-state index in [4.69, 9.17) is 9.47 Å². The summed E-state index contributed by atoms with van der Waals surface area (Å²) in [6.45, 7) is 6.49. The number of nitrogens with zero attached hydrogens (tertiary/aromatic N) is 2. The number of rotatable bonds is 3. The third kappa shape index (κ3) is 2.43. The second kappa shape index (κ2) is 4.99. The molecule has 2 atom stereocenters. The van der Waals surface area contributed by atoms with Crippen molar-refractivity contribution in [2.24, 2.45) is 0 Å². The van der Waals surface area contributed by atoms with Gasteiger partial charge in [0.05, 0.1) is 37.0 Å². The van der Waals surface area contributed by atoms with Crippen molar-refractivity contribution >= 4 is 0 Å². The lowest BCUT2D eigenvalue weighted by Gasteiger charge is -2.28. The number of imidazole rings is 1. The number of morpholine rings is 1. The summed E-state index contributed by atoms with van der Waals surface area (Å²) in [5.41, 5.74) is 1.11. The van der Waals surface area contributed by atoms with Gasteiger partial charge >= 0.3 is 0 Å². The van der Waals surface area contributed by atoms with Crippen LogP contribution in [-0.2, 0) is 16.0 Å². The summed E-state index contributed by atoms with van der Waals surface area (Å²) in [6, 6.07) is 0. The molecule has 0 amide bonds. The Bertz CT molecular complexity index is 393. The SMILES string of the molecule is CC1(Cn2cncc2C2CNCCO2)CCCO1. The second-order valence-corrected chi connectivity index (χ2v) is 5.41. The van der Waals surface area contributed by atoms with E-state index in [-0.39, 0.29) is 11.7 Å². The van der Waals surface area contributed by atoms with Crippen LogP contribution in [0.1, 0.15) is 31.6 Å². The summed E-state index contributed by atoms with van der Waals surface area (Å²) in [5, 5.41) is 3.36. The molecule has 0 aromatic carbocycles. The lowest BCUT2D eigenvalue weighted by Crippen LogP contribution is -2.36. The minimum atomic E-state index is -0.0441. The first-order valence-electron chi connectivity index (χ1n) is 6.73. The quantitative estimate of drug-likeness (QED) is 0.874. The maximum atomic E-state index is 5.85. The van der Waals surface area contributed by atoms with Crippen molar-refractivity contribution in [3.05, 3.63) is 18.2 Å². The van der Waals surface area contributed by atoms with Crippen molar-refractivity contribution in [3.63, 3.8) is 0 Å². The van der Waals surface area contributed by atoms with Gasteiger partial charge in [0.15, 0.2) is 0 Å². The van der Waals surface area contributed by atoms with Crippen LogP contribution in [0.15, 0.2) is 12.5 Å². The lowest BCUT2D eigenvalue weighted by molar-refractivity contribution is -0.00261. The largest absolute Gasteiger partial charge is 0.373 e. The van der Waals surface area contributed by atoms with Crippen LogP contribution >= 0.6 is 0 Å². The highest BCUT2D eigenvalue weighted by molar-refractivity contribution is 5.06. The molecule has 0 bridgehead atoms. The average molecular weight is 251 g/mol. The first-order chi connectivity index (χ1) is 8.77. The van der Waals surface area contributed by atoms with Gasteiger partial charge in [0, 0.05) is 19.7 Å². The maximum absolute atomic E-state index is 5.85. The van der Waals surface area contributed by atoms with Gasteiger partial charge in [-0.2, -0.15) is 0 Å². The molecule has 0 radical (unpaired) electrons. The molecular weight excluding hydrogens is 230 g/mol. The molecule has 2 aliphatic heterocycles. The summed E-state index contributed by atoms with van der Waals surface area (Å²) < 4.78 is 13.8. The Morgan fingerprint density at radius 1 is 1.56 bits per heavy atom. The maximum Gasteiger partial charge on any atom is 0.111 e. The summed E-state index contributed by atoms with van der Waals surface area (Å²) in [4.78, 5) is 4.27. The van der Waals surface area contributed by atoms with E-state index in [1.54, 1.807) is 0 Å². The number of hydrogen-bond acceptors (Lipinski definition) is 4. The molecule has 1 N–H and O–H groups in total. The van der Waals surface area contributed by atoms with Crippen LogP contribution in [0.5, 0.6) is 0 Å². The molecule has 0 saturated carbocycles. The Balaban J connectivity index is 1.74. The third-order valence-electron chi connectivity index (χ3n) is 3.81. The fraction of sp³-hybridized carbons (Fsp3) is 0.769. The topological polar surface area (TPSA) is 48.3 Å². The van der Waals surface area contributed by atoms with Crippen molar-refractivity contribution in [1.82, 2.24) is 14.9 Å². The van der Waals surface area contributed by atoms with Crippen LogP contribution in [-0.4, -0.2) is 41.5 Å². The van der Waals surface area contributed by atoms with E-state index in [0.29, 0.717) is 0 Å². The molecule has 2 unspecified atom stereocenters.